The van der Waals surface area contributed by atoms with Crippen LogP contribution in [0.25, 0.3) is 0 Å². The van der Waals surface area contributed by atoms with E-state index in [-0.39, 0.29) is 12.4 Å². The summed E-state index contributed by atoms with van der Waals surface area (Å²) in [6, 6.07) is 9.49. The average molecular weight is 271 g/mol. The van der Waals surface area contributed by atoms with Gasteiger partial charge in [0.25, 0.3) is 0 Å². The Balaban J connectivity index is 0.00000289. The second-order valence-electron chi connectivity index (χ2n) is 4.53. The van der Waals surface area contributed by atoms with Crippen LogP contribution in [0.5, 0.6) is 0 Å². The Morgan fingerprint density at radius 3 is 2.06 bits per heavy atom. The van der Waals surface area contributed by atoms with Crippen molar-refractivity contribution >= 4 is 18.1 Å². The minimum Gasteiger partial charge on any atom is -0.372 e. The molecular formula is C15H27ClN2. The van der Waals surface area contributed by atoms with Gasteiger partial charge in [-0.15, -0.1) is 12.4 Å². The summed E-state index contributed by atoms with van der Waals surface area (Å²) < 4.78 is 0. The summed E-state index contributed by atoms with van der Waals surface area (Å²) in [5.41, 5.74) is 2.68. The predicted molar refractivity (Wildman–Crippen MR) is 83.8 cm³/mol. The first kappa shape index (κ1) is 17.3. The highest BCUT2D eigenvalue weighted by molar-refractivity contribution is 5.85. The predicted octanol–water partition coefficient (Wildman–Crippen LogP) is 3.84. The summed E-state index contributed by atoms with van der Waals surface area (Å²) >= 11 is 0. The van der Waals surface area contributed by atoms with Gasteiger partial charge in [-0.25, -0.2) is 0 Å². The molecular weight excluding hydrogens is 244 g/mol. The van der Waals surface area contributed by atoms with Gasteiger partial charge < -0.3 is 10.2 Å². The second-order valence-corrected chi connectivity index (χ2v) is 4.53. The first-order valence-corrected chi connectivity index (χ1v) is 6.78. The molecule has 104 valence electrons. The van der Waals surface area contributed by atoms with Gasteiger partial charge in [0.1, 0.15) is 0 Å². The number of benzene rings is 1. The third-order valence-electron chi connectivity index (χ3n) is 3.33. The van der Waals surface area contributed by atoms with Crippen LogP contribution in [0.15, 0.2) is 24.3 Å². The molecule has 0 spiro atoms. The highest BCUT2D eigenvalue weighted by Gasteiger charge is 2.02. The van der Waals surface area contributed by atoms with Crippen LogP contribution < -0.4 is 10.2 Å². The molecule has 1 N–H and O–H groups in total. The molecule has 1 atom stereocenters. The molecule has 0 bridgehead atoms. The zero-order valence-corrected chi connectivity index (χ0v) is 12.9. The smallest absolute Gasteiger partial charge is 0.0366 e. The first-order chi connectivity index (χ1) is 8.21. The van der Waals surface area contributed by atoms with Crippen LogP contribution in [0.3, 0.4) is 0 Å². The lowest BCUT2D eigenvalue weighted by atomic mass is 10.1. The summed E-state index contributed by atoms with van der Waals surface area (Å²) in [7, 11) is 0. The van der Waals surface area contributed by atoms with Gasteiger partial charge in [0.2, 0.25) is 0 Å². The van der Waals surface area contributed by atoms with Gasteiger partial charge in [-0.05, 0) is 44.9 Å². The van der Waals surface area contributed by atoms with Crippen molar-refractivity contribution in [2.45, 2.75) is 46.7 Å². The summed E-state index contributed by atoms with van der Waals surface area (Å²) in [6.45, 7) is 11.9. The van der Waals surface area contributed by atoms with Crippen LogP contribution in [-0.4, -0.2) is 19.1 Å². The minimum atomic E-state index is 0. The van der Waals surface area contributed by atoms with E-state index in [1.165, 1.54) is 17.7 Å². The van der Waals surface area contributed by atoms with Crippen molar-refractivity contribution < 1.29 is 0 Å². The summed E-state index contributed by atoms with van der Waals surface area (Å²) in [4.78, 5) is 2.37. The van der Waals surface area contributed by atoms with E-state index >= 15 is 0 Å². The highest BCUT2D eigenvalue weighted by Crippen LogP contribution is 2.14. The monoisotopic (exact) mass is 270 g/mol. The molecule has 0 aromatic heterocycles. The zero-order valence-electron chi connectivity index (χ0n) is 12.1. The summed E-state index contributed by atoms with van der Waals surface area (Å²) in [6.07, 6.45) is 1.18. The largest absolute Gasteiger partial charge is 0.372 e. The maximum atomic E-state index is 3.51. The van der Waals surface area contributed by atoms with Crippen LogP contribution in [0.1, 0.15) is 39.7 Å². The SMILES string of the molecule is CCC(C)NCc1ccc(N(CC)CC)cc1.Cl. The molecule has 0 saturated heterocycles. The van der Waals surface area contributed by atoms with E-state index in [0.717, 1.165) is 19.6 Å². The molecule has 0 heterocycles. The van der Waals surface area contributed by atoms with Gasteiger partial charge in [0.15, 0.2) is 0 Å². The van der Waals surface area contributed by atoms with E-state index in [9.17, 15) is 0 Å². The van der Waals surface area contributed by atoms with Gasteiger partial charge >= 0.3 is 0 Å². The number of hydrogen-bond acceptors (Lipinski definition) is 2. The molecule has 1 rings (SSSR count). The van der Waals surface area contributed by atoms with E-state index in [4.69, 9.17) is 0 Å². The summed E-state index contributed by atoms with van der Waals surface area (Å²) in [5.74, 6) is 0. The molecule has 1 aromatic carbocycles. The number of nitrogens with one attached hydrogen (secondary N) is 1. The summed E-state index contributed by atoms with van der Waals surface area (Å²) in [5, 5.41) is 3.51. The van der Waals surface area contributed by atoms with Gasteiger partial charge in [-0.1, -0.05) is 19.1 Å². The van der Waals surface area contributed by atoms with E-state index in [0.29, 0.717) is 6.04 Å². The van der Waals surface area contributed by atoms with Crippen molar-refractivity contribution in [3.63, 3.8) is 0 Å². The Morgan fingerprint density at radius 2 is 1.61 bits per heavy atom. The number of anilines is 1. The molecule has 1 aromatic rings. The van der Waals surface area contributed by atoms with Crippen molar-refractivity contribution in [2.75, 3.05) is 18.0 Å². The van der Waals surface area contributed by atoms with Crippen molar-refractivity contribution in [2.24, 2.45) is 0 Å². The molecule has 0 aliphatic rings. The molecule has 2 nitrogen and oxygen atoms in total. The van der Waals surface area contributed by atoms with Crippen LogP contribution >= 0.6 is 12.4 Å². The standard InChI is InChI=1S/C15H26N2.ClH/c1-5-13(4)16-12-14-8-10-15(11-9-14)17(6-2)7-3;/h8-11,13,16H,5-7,12H2,1-4H3;1H. The molecule has 0 aliphatic heterocycles. The lowest BCUT2D eigenvalue weighted by Gasteiger charge is -2.21. The van der Waals surface area contributed by atoms with Crippen molar-refractivity contribution in [3.8, 4) is 0 Å². The van der Waals surface area contributed by atoms with Crippen LogP contribution in [-0.2, 0) is 6.54 Å². The zero-order chi connectivity index (χ0) is 12.7. The maximum absolute atomic E-state index is 3.51. The fourth-order valence-corrected chi connectivity index (χ4v) is 1.85. The minimum absolute atomic E-state index is 0. The van der Waals surface area contributed by atoms with E-state index in [1.807, 2.05) is 0 Å². The van der Waals surface area contributed by atoms with Gasteiger partial charge in [-0.2, -0.15) is 0 Å². The molecule has 0 aliphatic carbocycles. The first-order valence-electron chi connectivity index (χ1n) is 6.78. The van der Waals surface area contributed by atoms with Crippen molar-refractivity contribution in [3.05, 3.63) is 29.8 Å². The van der Waals surface area contributed by atoms with Crippen LogP contribution in [0, 0.1) is 0 Å². The molecule has 18 heavy (non-hydrogen) atoms. The topological polar surface area (TPSA) is 15.3 Å². The molecule has 1 unspecified atom stereocenters. The van der Waals surface area contributed by atoms with Crippen LogP contribution in [0.4, 0.5) is 5.69 Å². The average Bonchev–Trinajstić information content (AvgIpc) is 2.38. The third kappa shape index (κ3) is 5.28. The lowest BCUT2D eigenvalue weighted by Crippen LogP contribution is -2.24. The number of nitrogens with zero attached hydrogens (tertiary/aromatic N) is 1. The Labute approximate surface area is 118 Å². The van der Waals surface area contributed by atoms with E-state index in [2.05, 4.69) is 62.2 Å². The fourth-order valence-electron chi connectivity index (χ4n) is 1.85. The van der Waals surface area contributed by atoms with Gasteiger partial charge in [0.05, 0.1) is 0 Å². The Morgan fingerprint density at radius 1 is 1.06 bits per heavy atom. The Hall–Kier alpha value is -0.730. The van der Waals surface area contributed by atoms with Crippen molar-refractivity contribution in [1.29, 1.82) is 0 Å². The highest BCUT2D eigenvalue weighted by atomic mass is 35.5. The fraction of sp³-hybridized carbons (Fsp3) is 0.600. The number of halogens is 1. The van der Waals surface area contributed by atoms with Gasteiger partial charge in [-0.3, -0.25) is 0 Å². The second kappa shape index (κ2) is 9.23. The molecule has 0 saturated carbocycles. The molecule has 0 amide bonds. The number of rotatable bonds is 7. The lowest BCUT2D eigenvalue weighted by molar-refractivity contribution is 0.534. The Kier molecular flexibility index (Phi) is 8.86. The van der Waals surface area contributed by atoms with E-state index < -0.39 is 0 Å². The van der Waals surface area contributed by atoms with E-state index in [1.54, 1.807) is 0 Å². The number of hydrogen-bond donors (Lipinski definition) is 1. The van der Waals surface area contributed by atoms with Crippen LogP contribution in [0.2, 0.25) is 0 Å². The molecule has 0 radical (unpaired) electrons. The van der Waals surface area contributed by atoms with Gasteiger partial charge in [0, 0.05) is 31.4 Å². The molecule has 3 heteroatoms. The Bertz CT molecular complexity index is 307. The quantitative estimate of drug-likeness (QED) is 0.810. The maximum Gasteiger partial charge on any atom is 0.0366 e. The third-order valence-corrected chi connectivity index (χ3v) is 3.33. The normalized spacial score (nSPS) is 11.8. The molecule has 0 fully saturated rings. The van der Waals surface area contributed by atoms with Crippen molar-refractivity contribution in [1.82, 2.24) is 5.32 Å².